The lowest BCUT2D eigenvalue weighted by atomic mass is 10.1. The van der Waals surface area contributed by atoms with Gasteiger partial charge in [0.05, 0.1) is 28.0 Å². The molecule has 27 heavy (non-hydrogen) atoms. The highest BCUT2D eigenvalue weighted by Crippen LogP contribution is 2.41. The van der Waals surface area contributed by atoms with Gasteiger partial charge in [-0.2, -0.15) is 18.4 Å². The molecule has 0 saturated carbocycles. The van der Waals surface area contributed by atoms with Crippen molar-refractivity contribution in [3.63, 3.8) is 0 Å². The third kappa shape index (κ3) is 4.17. The molecule has 1 heterocycles. The maximum absolute atomic E-state index is 13.4. The van der Waals surface area contributed by atoms with Gasteiger partial charge in [-0.1, -0.05) is 5.10 Å². The Hall–Kier alpha value is -3.14. The highest BCUT2D eigenvalue weighted by molar-refractivity contribution is 7.93. The van der Waals surface area contributed by atoms with Gasteiger partial charge in [0.2, 0.25) is 12.1 Å². The van der Waals surface area contributed by atoms with Crippen LogP contribution in [0.25, 0.3) is 0 Å². The third-order valence-electron chi connectivity index (χ3n) is 3.21. The van der Waals surface area contributed by atoms with E-state index in [0.29, 0.717) is 6.07 Å². The Balaban J connectivity index is 2.71. The van der Waals surface area contributed by atoms with Crippen LogP contribution < -0.4 is 10.1 Å². The van der Waals surface area contributed by atoms with Gasteiger partial charge in [0.15, 0.2) is 0 Å². The summed E-state index contributed by atoms with van der Waals surface area (Å²) < 4.78 is 65.7. The minimum atomic E-state index is -4.93. The molecule has 1 amide bonds. The predicted octanol–water partition coefficient (Wildman–Crippen LogP) is 2.60. The summed E-state index contributed by atoms with van der Waals surface area (Å²) >= 11 is 0. The molecule has 0 aliphatic carbocycles. The molecule has 1 aromatic heterocycles. The van der Waals surface area contributed by atoms with Crippen LogP contribution >= 0.6 is 0 Å². The lowest BCUT2D eigenvalue weighted by molar-refractivity contribution is -0.140. The molecule has 13 heteroatoms. The van der Waals surface area contributed by atoms with Crippen molar-refractivity contribution in [3.05, 3.63) is 29.2 Å². The van der Waals surface area contributed by atoms with E-state index < -0.39 is 38.0 Å². The second kappa shape index (κ2) is 7.23. The number of anilines is 1. The second-order valence-electron chi connectivity index (χ2n) is 5.09. The monoisotopic (exact) mass is 403 g/mol. The molecule has 2 aromatic rings. The first kappa shape index (κ1) is 20.2. The summed E-state index contributed by atoms with van der Waals surface area (Å²) in [4.78, 5) is 11.5. The Morgan fingerprint density at radius 2 is 2.07 bits per heavy atom. The molecular formula is C14H12F3N5O4S. The van der Waals surface area contributed by atoms with Crippen LogP contribution in [0.5, 0.6) is 5.75 Å². The molecular weight excluding hydrogens is 391 g/mol. The number of amides is 1. The number of ether oxygens (including phenoxy) is 1. The first-order chi connectivity index (χ1) is 12.5. The summed E-state index contributed by atoms with van der Waals surface area (Å²) in [7, 11) is -2.86. The van der Waals surface area contributed by atoms with Gasteiger partial charge < -0.3 is 9.15 Å². The van der Waals surface area contributed by atoms with Crippen LogP contribution in [0.2, 0.25) is 0 Å². The lowest BCUT2D eigenvalue weighted by Crippen LogP contribution is -2.19. The number of benzene rings is 1. The molecule has 0 bridgehead atoms. The van der Waals surface area contributed by atoms with Gasteiger partial charge in [-0.3, -0.25) is 10.1 Å². The summed E-state index contributed by atoms with van der Waals surface area (Å²) in [6.07, 6.45) is -2.87. The molecule has 0 saturated heterocycles. The molecule has 2 rings (SSSR count). The van der Waals surface area contributed by atoms with Gasteiger partial charge in [-0.15, -0.1) is 9.46 Å². The number of hydrogen-bond donors (Lipinski definition) is 1. The predicted molar refractivity (Wildman–Crippen MR) is 85.4 cm³/mol. The number of nitrogens with one attached hydrogen (secondary N) is 1. The van der Waals surface area contributed by atoms with Crippen molar-refractivity contribution in [3.8, 4) is 11.9 Å². The van der Waals surface area contributed by atoms with E-state index >= 15 is 0 Å². The van der Waals surface area contributed by atoms with Crippen LogP contribution in [0.15, 0.2) is 25.8 Å². The summed E-state index contributed by atoms with van der Waals surface area (Å²) in [5.74, 6) is -1.43. The van der Waals surface area contributed by atoms with E-state index in [2.05, 4.69) is 19.9 Å². The number of alkyl halides is 3. The zero-order valence-corrected chi connectivity index (χ0v) is 14.9. The maximum atomic E-state index is 13.4. The molecule has 0 aliphatic heterocycles. The second-order valence-corrected chi connectivity index (χ2v) is 7.29. The Bertz CT molecular complexity index is 1050. The Morgan fingerprint density at radius 3 is 2.56 bits per heavy atom. The van der Waals surface area contributed by atoms with Gasteiger partial charge in [-0.05, 0) is 12.1 Å². The number of rotatable bonds is 4. The number of methoxy groups -OCH3 is 1. The van der Waals surface area contributed by atoms with E-state index in [-0.39, 0.29) is 17.5 Å². The average molecular weight is 403 g/mol. The molecule has 1 unspecified atom stereocenters. The van der Waals surface area contributed by atoms with Crippen LogP contribution in [-0.4, -0.2) is 33.7 Å². The van der Waals surface area contributed by atoms with Crippen molar-refractivity contribution >= 4 is 21.7 Å². The molecule has 0 spiro atoms. The number of halogens is 3. The van der Waals surface area contributed by atoms with Crippen molar-refractivity contribution in [1.82, 2.24) is 10.2 Å². The zero-order valence-electron chi connectivity index (χ0n) is 14.1. The fourth-order valence-electron chi connectivity index (χ4n) is 2.18. The van der Waals surface area contributed by atoms with Gasteiger partial charge >= 0.3 is 12.2 Å². The van der Waals surface area contributed by atoms with E-state index in [1.54, 1.807) is 0 Å². The molecule has 9 nitrogen and oxygen atoms in total. The van der Waals surface area contributed by atoms with Crippen molar-refractivity contribution in [2.75, 3.05) is 18.7 Å². The SMILES string of the molecule is COc1c(C(=O)Nc2nnc(C)o2)ccc(C(F)(F)F)c1S(C)(=O)=NC#N. The highest BCUT2D eigenvalue weighted by Gasteiger charge is 2.39. The normalized spacial score (nSPS) is 13.4. The Labute approximate surface area is 151 Å². The molecule has 0 radical (unpaired) electrons. The zero-order chi connectivity index (χ0) is 20.4. The number of carbonyl (C=O) groups is 1. The smallest absolute Gasteiger partial charge is 0.417 e. The average Bonchev–Trinajstić information content (AvgIpc) is 2.97. The first-order valence-electron chi connectivity index (χ1n) is 7.01. The molecule has 0 fully saturated rings. The standard InChI is InChI=1S/C14H12F3N5O4S/c1-7-21-22-13(26-7)20-12(23)8-4-5-9(14(15,16)17)11(10(8)25-2)27(3,24)19-6-18/h4-5H,1-3H3,(H,20,22,23). The minimum absolute atomic E-state index is 0.148. The van der Waals surface area contributed by atoms with Crippen LogP contribution in [0, 0.1) is 18.4 Å². The highest BCUT2D eigenvalue weighted by atomic mass is 32.2. The quantitative estimate of drug-likeness (QED) is 0.776. The number of nitriles is 1. The Kier molecular flexibility index (Phi) is 5.41. The number of carbonyl (C=O) groups excluding carboxylic acids is 1. The van der Waals surface area contributed by atoms with E-state index in [0.717, 1.165) is 19.4 Å². The van der Waals surface area contributed by atoms with Crippen molar-refractivity contribution in [2.45, 2.75) is 18.0 Å². The minimum Gasteiger partial charge on any atom is -0.495 e. The van der Waals surface area contributed by atoms with E-state index in [1.165, 1.54) is 13.1 Å². The van der Waals surface area contributed by atoms with Gasteiger partial charge in [-0.25, -0.2) is 4.21 Å². The fourth-order valence-corrected chi connectivity index (χ4v) is 3.55. The summed E-state index contributed by atoms with van der Waals surface area (Å²) in [6.45, 7) is 1.47. The van der Waals surface area contributed by atoms with E-state index in [9.17, 15) is 22.2 Å². The summed E-state index contributed by atoms with van der Waals surface area (Å²) in [6, 6.07) is 1.10. The van der Waals surface area contributed by atoms with Crippen molar-refractivity contribution in [1.29, 1.82) is 5.26 Å². The van der Waals surface area contributed by atoms with Crippen molar-refractivity contribution in [2.24, 2.45) is 4.36 Å². The first-order valence-corrected chi connectivity index (χ1v) is 8.93. The fraction of sp³-hybridized carbons (Fsp3) is 0.286. The molecule has 1 N–H and O–H groups in total. The van der Waals surface area contributed by atoms with Crippen LogP contribution in [0.4, 0.5) is 19.2 Å². The summed E-state index contributed by atoms with van der Waals surface area (Å²) in [5.41, 5.74) is -1.73. The van der Waals surface area contributed by atoms with E-state index in [1.807, 2.05) is 0 Å². The number of aryl methyl sites for hydroxylation is 1. The molecule has 144 valence electrons. The number of hydrogen-bond acceptors (Lipinski definition) is 8. The van der Waals surface area contributed by atoms with Crippen LogP contribution in [0.1, 0.15) is 21.8 Å². The topological polar surface area (TPSA) is 130 Å². The van der Waals surface area contributed by atoms with Gasteiger partial charge in [0.25, 0.3) is 5.91 Å². The Morgan fingerprint density at radius 1 is 1.41 bits per heavy atom. The van der Waals surface area contributed by atoms with Gasteiger partial charge in [0, 0.05) is 13.2 Å². The van der Waals surface area contributed by atoms with Crippen LogP contribution in [0.3, 0.4) is 0 Å². The molecule has 1 atom stereocenters. The third-order valence-corrected chi connectivity index (χ3v) is 4.80. The van der Waals surface area contributed by atoms with Crippen LogP contribution in [-0.2, 0) is 15.9 Å². The molecule has 1 aromatic carbocycles. The van der Waals surface area contributed by atoms with E-state index in [4.69, 9.17) is 14.4 Å². The largest absolute Gasteiger partial charge is 0.495 e. The molecule has 0 aliphatic rings. The van der Waals surface area contributed by atoms with Gasteiger partial charge in [0.1, 0.15) is 10.6 Å². The maximum Gasteiger partial charge on any atom is 0.417 e. The number of nitrogens with zero attached hydrogens (tertiary/aromatic N) is 4. The summed E-state index contributed by atoms with van der Waals surface area (Å²) in [5, 5.41) is 17.9. The lowest BCUT2D eigenvalue weighted by Gasteiger charge is -2.18. The number of aromatic nitrogens is 2. The van der Waals surface area contributed by atoms with Crippen molar-refractivity contribution < 1.29 is 31.3 Å².